The largest absolute Gasteiger partial charge is 0.368 e. The van der Waals surface area contributed by atoms with Crippen molar-refractivity contribution in [3.63, 3.8) is 0 Å². The van der Waals surface area contributed by atoms with Gasteiger partial charge in [0.25, 0.3) is 0 Å². The third-order valence-corrected chi connectivity index (χ3v) is 3.82. The van der Waals surface area contributed by atoms with Gasteiger partial charge in [0, 0.05) is 11.9 Å². The number of hydrogen-bond donors (Lipinski definition) is 2. The van der Waals surface area contributed by atoms with E-state index in [0.29, 0.717) is 6.42 Å². The first-order valence-electron chi connectivity index (χ1n) is 4.35. The molecule has 0 fully saturated rings. The van der Waals surface area contributed by atoms with Crippen molar-refractivity contribution in [1.29, 1.82) is 0 Å². The highest BCUT2D eigenvalue weighted by molar-refractivity contribution is 8.76. The first-order chi connectivity index (χ1) is 6.79. The highest BCUT2D eigenvalue weighted by atomic mass is 33.1. The maximum Gasteiger partial charge on any atom is 0.151 e. The lowest BCUT2D eigenvalue weighted by atomic mass is 10.3. The highest BCUT2D eigenvalue weighted by Crippen LogP contribution is 2.29. The average Bonchev–Trinajstić information content (AvgIpc) is 2.18. The summed E-state index contributed by atoms with van der Waals surface area (Å²) in [4.78, 5) is 4.15. The zero-order valence-electron chi connectivity index (χ0n) is 7.67. The molecule has 5 heteroatoms. The van der Waals surface area contributed by atoms with Gasteiger partial charge in [0.1, 0.15) is 5.03 Å². The summed E-state index contributed by atoms with van der Waals surface area (Å²) in [5, 5.41) is 18.2. The van der Waals surface area contributed by atoms with E-state index in [0.717, 1.165) is 17.2 Å². The number of rotatable bonds is 6. The van der Waals surface area contributed by atoms with Crippen molar-refractivity contribution < 1.29 is 10.2 Å². The fourth-order valence-corrected chi connectivity index (χ4v) is 2.81. The van der Waals surface area contributed by atoms with Gasteiger partial charge in [0.2, 0.25) is 0 Å². The minimum absolute atomic E-state index is 0.440. The Morgan fingerprint density at radius 2 is 2.21 bits per heavy atom. The van der Waals surface area contributed by atoms with Crippen molar-refractivity contribution in [1.82, 2.24) is 4.98 Å². The molecule has 1 rings (SSSR count). The molecule has 0 aliphatic carbocycles. The van der Waals surface area contributed by atoms with Gasteiger partial charge in [-0.2, -0.15) is 0 Å². The van der Waals surface area contributed by atoms with E-state index in [4.69, 9.17) is 10.2 Å². The number of aliphatic hydroxyl groups excluding tert-OH is 1. The van der Waals surface area contributed by atoms with Crippen molar-refractivity contribution in [3.05, 3.63) is 24.4 Å². The van der Waals surface area contributed by atoms with Crippen LogP contribution in [0.5, 0.6) is 0 Å². The Labute approximate surface area is 91.3 Å². The Morgan fingerprint density at radius 1 is 1.36 bits per heavy atom. The summed E-state index contributed by atoms with van der Waals surface area (Å²) in [6.45, 7) is 0. The average molecular weight is 231 g/mol. The summed E-state index contributed by atoms with van der Waals surface area (Å²) in [7, 11) is 3.29. The van der Waals surface area contributed by atoms with Crippen LogP contribution in [0.15, 0.2) is 29.4 Å². The lowest BCUT2D eigenvalue weighted by Crippen LogP contribution is -2.03. The minimum Gasteiger partial charge on any atom is -0.368 e. The van der Waals surface area contributed by atoms with Crippen LogP contribution in [-0.4, -0.2) is 27.2 Å². The number of aliphatic hydroxyl groups is 2. The van der Waals surface area contributed by atoms with Gasteiger partial charge in [0.05, 0.1) is 0 Å². The Kier molecular flexibility index (Phi) is 6.02. The number of aromatic nitrogens is 1. The molecular formula is C9H13NO2S2. The van der Waals surface area contributed by atoms with Crippen LogP contribution >= 0.6 is 21.6 Å². The van der Waals surface area contributed by atoms with Crippen molar-refractivity contribution in [3.8, 4) is 0 Å². The van der Waals surface area contributed by atoms with E-state index in [1.54, 1.807) is 27.8 Å². The first-order valence-corrected chi connectivity index (χ1v) is 6.67. The van der Waals surface area contributed by atoms with Crippen molar-refractivity contribution in [2.75, 3.05) is 5.75 Å². The van der Waals surface area contributed by atoms with Crippen LogP contribution < -0.4 is 0 Å². The second-order valence-electron chi connectivity index (χ2n) is 2.70. The third-order valence-electron chi connectivity index (χ3n) is 1.47. The van der Waals surface area contributed by atoms with E-state index >= 15 is 0 Å². The van der Waals surface area contributed by atoms with E-state index in [2.05, 4.69) is 4.98 Å². The lowest BCUT2D eigenvalue weighted by molar-refractivity contribution is -0.0451. The molecule has 1 heterocycles. The van der Waals surface area contributed by atoms with Gasteiger partial charge in [-0.3, -0.25) is 0 Å². The monoisotopic (exact) mass is 231 g/mol. The molecule has 0 saturated carbocycles. The zero-order chi connectivity index (χ0) is 10.2. The molecular weight excluding hydrogens is 218 g/mol. The molecule has 14 heavy (non-hydrogen) atoms. The minimum atomic E-state index is -1.17. The Bertz CT molecular complexity index is 244. The van der Waals surface area contributed by atoms with Gasteiger partial charge in [-0.25, -0.2) is 4.98 Å². The Morgan fingerprint density at radius 3 is 2.86 bits per heavy atom. The summed E-state index contributed by atoms with van der Waals surface area (Å²) in [6.07, 6.45) is 1.84. The van der Waals surface area contributed by atoms with Crippen molar-refractivity contribution in [2.24, 2.45) is 0 Å². The van der Waals surface area contributed by atoms with Gasteiger partial charge >= 0.3 is 0 Å². The van der Waals surface area contributed by atoms with Crippen molar-refractivity contribution in [2.45, 2.75) is 24.2 Å². The topological polar surface area (TPSA) is 53.4 Å². The summed E-state index contributed by atoms with van der Waals surface area (Å²) in [5.41, 5.74) is 0. The first kappa shape index (κ1) is 11.8. The molecule has 0 radical (unpaired) electrons. The normalized spacial score (nSPS) is 10.8. The molecule has 0 aliphatic heterocycles. The predicted octanol–water partition coefficient (Wildman–Crippen LogP) is 1.91. The lowest BCUT2D eigenvalue weighted by Gasteiger charge is -2.02. The van der Waals surface area contributed by atoms with Crippen LogP contribution in [0.1, 0.15) is 12.8 Å². The number of pyridine rings is 1. The summed E-state index contributed by atoms with van der Waals surface area (Å²) in [5.74, 6) is 0.902. The van der Waals surface area contributed by atoms with Crippen LogP contribution in [0.3, 0.4) is 0 Å². The number of hydrogen-bond acceptors (Lipinski definition) is 5. The van der Waals surface area contributed by atoms with E-state index in [-0.39, 0.29) is 0 Å². The molecule has 0 amide bonds. The van der Waals surface area contributed by atoms with Crippen LogP contribution in [0, 0.1) is 0 Å². The second-order valence-corrected chi connectivity index (χ2v) is 5.13. The molecule has 0 bridgehead atoms. The molecule has 0 aromatic carbocycles. The van der Waals surface area contributed by atoms with E-state index < -0.39 is 6.29 Å². The van der Waals surface area contributed by atoms with Crippen LogP contribution in [0.2, 0.25) is 0 Å². The molecule has 3 nitrogen and oxygen atoms in total. The van der Waals surface area contributed by atoms with Gasteiger partial charge in [-0.15, -0.1) is 0 Å². The SMILES string of the molecule is OC(O)CCCSSc1ccccn1. The van der Waals surface area contributed by atoms with Crippen molar-refractivity contribution >= 4 is 21.6 Å². The highest BCUT2D eigenvalue weighted by Gasteiger charge is 1.98. The van der Waals surface area contributed by atoms with Crippen LogP contribution in [0.25, 0.3) is 0 Å². The van der Waals surface area contributed by atoms with Gasteiger partial charge in [0.15, 0.2) is 6.29 Å². The fourth-order valence-electron chi connectivity index (χ4n) is 0.823. The third kappa shape index (κ3) is 5.49. The summed E-state index contributed by atoms with van der Waals surface area (Å²) < 4.78 is 0. The number of nitrogens with zero attached hydrogens (tertiary/aromatic N) is 1. The van der Waals surface area contributed by atoms with Gasteiger partial charge in [-0.1, -0.05) is 16.9 Å². The molecule has 1 aromatic rings. The van der Waals surface area contributed by atoms with E-state index in [1.165, 1.54) is 0 Å². The zero-order valence-corrected chi connectivity index (χ0v) is 9.30. The fraction of sp³-hybridized carbons (Fsp3) is 0.444. The van der Waals surface area contributed by atoms with E-state index in [1.807, 2.05) is 18.2 Å². The predicted molar refractivity (Wildman–Crippen MR) is 60.0 cm³/mol. The van der Waals surface area contributed by atoms with Crippen LogP contribution in [0.4, 0.5) is 0 Å². The smallest absolute Gasteiger partial charge is 0.151 e. The molecule has 1 aromatic heterocycles. The Balaban J connectivity index is 2.05. The molecule has 0 atom stereocenters. The molecule has 2 N–H and O–H groups in total. The standard InChI is InChI=1S/C9H13NO2S2/c11-9(12)5-3-7-13-14-8-4-1-2-6-10-8/h1-2,4,6,9,11-12H,3,5,7H2. The maximum atomic E-state index is 8.60. The second kappa shape index (κ2) is 7.11. The van der Waals surface area contributed by atoms with Crippen LogP contribution in [-0.2, 0) is 0 Å². The molecule has 0 aliphatic rings. The molecule has 0 unspecified atom stereocenters. The molecule has 78 valence electrons. The quantitative estimate of drug-likeness (QED) is 0.445. The summed E-state index contributed by atoms with van der Waals surface area (Å²) in [6, 6.07) is 5.79. The Hall–Kier alpha value is -0.230. The summed E-state index contributed by atoms with van der Waals surface area (Å²) >= 11 is 0. The van der Waals surface area contributed by atoms with E-state index in [9.17, 15) is 0 Å². The molecule has 0 spiro atoms. The maximum absolute atomic E-state index is 8.60. The van der Waals surface area contributed by atoms with Gasteiger partial charge < -0.3 is 10.2 Å². The van der Waals surface area contributed by atoms with Gasteiger partial charge in [-0.05, 0) is 35.8 Å². The molecule has 0 saturated heterocycles.